The third-order valence-corrected chi connectivity index (χ3v) is 5.84. The minimum Gasteiger partial charge on any atom is -0.368 e. The number of carbonyl (C=O) groups is 1. The minimum absolute atomic E-state index is 0.168. The molecular weight excluding hydrogens is 355 g/mol. The summed E-state index contributed by atoms with van der Waals surface area (Å²) in [5.74, 6) is 0.829. The second-order valence-corrected chi connectivity index (χ2v) is 8.46. The molecule has 1 saturated heterocycles. The van der Waals surface area contributed by atoms with Gasteiger partial charge in [-0.05, 0) is 42.2 Å². The summed E-state index contributed by atoms with van der Waals surface area (Å²) in [4.78, 5) is 17.2. The zero-order chi connectivity index (χ0) is 20.4. The predicted octanol–water partition coefficient (Wildman–Crippen LogP) is 3.20. The lowest BCUT2D eigenvalue weighted by Gasteiger charge is -2.39. The third-order valence-electron chi connectivity index (χ3n) is 5.84. The molecule has 2 aliphatic heterocycles. The normalized spacial score (nSPS) is 21.1. The number of piperazine rings is 1. The molecule has 5 nitrogen and oxygen atoms in total. The van der Waals surface area contributed by atoms with Gasteiger partial charge in [0.2, 0.25) is 5.91 Å². The van der Waals surface area contributed by atoms with Crippen LogP contribution in [0.3, 0.4) is 0 Å². The number of hydrogen-bond acceptors (Lipinski definition) is 4. The first-order chi connectivity index (χ1) is 13.3. The number of nitrogens with zero attached hydrogens (tertiary/aromatic N) is 4. The molecule has 2 aliphatic rings. The Morgan fingerprint density at radius 3 is 2.21 bits per heavy atom. The average molecular weight is 389 g/mol. The van der Waals surface area contributed by atoms with Gasteiger partial charge in [-0.2, -0.15) is 0 Å². The molecule has 0 aliphatic carbocycles. The molecule has 28 heavy (non-hydrogen) atoms. The molecule has 0 spiro atoms. The Hall–Kier alpha value is -2.08. The lowest BCUT2D eigenvalue weighted by Crippen LogP contribution is -2.53. The molecule has 3 rings (SSSR count). The number of likely N-dealkylation sites (N-methyl/N-ethyl adjacent to an activating group) is 1. The van der Waals surface area contributed by atoms with Crippen molar-refractivity contribution in [1.82, 2.24) is 14.9 Å². The summed E-state index contributed by atoms with van der Waals surface area (Å²) in [6.45, 7) is 12.1. The van der Waals surface area contributed by atoms with Gasteiger partial charge < -0.3 is 14.8 Å². The highest BCUT2D eigenvalue weighted by molar-refractivity contribution is 5.79. The van der Waals surface area contributed by atoms with Gasteiger partial charge in [-0.1, -0.05) is 27.7 Å². The number of halogens is 1. The van der Waals surface area contributed by atoms with Gasteiger partial charge in [0.1, 0.15) is 12.4 Å². The van der Waals surface area contributed by atoms with E-state index in [1.54, 1.807) is 12.1 Å². The van der Waals surface area contributed by atoms with Crippen molar-refractivity contribution in [3.8, 4) is 0 Å². The maximum absolute atomic E-state index is 13.1. The van der Waals surface area contributed by atoms with Gasteiger partial charge in [0, 0.05) is 44.6 Å². The monoisotopic (exact) mass is 388 g/mol. The standard InChI is InChI=1S/C22H33FN4O/c1-16(2)20-14-21(17(3)4)27(24(20)5)15-22(28)26-12-10-25(11-13-26)19-8-6-18(23)7-9-19/h6-9,14,16-17,20H,10-13,15H2,1-5H3. The van der Waals surface area contributed by atoms with Crippen LogP contribution in [0, 0.1) is 17.7 Å². The lowest BCUT2D eigenvalue weighted by atomic mass is 10.0. The zero-order valence-electron chi connectivity index (χ0n) is 17.7. The second-order valence-electron chi connectivity index (χ2n) is 8.46. The van der Waals surface area contributed by atoms with Crippen LogP contribution in [0.4, 0.5) is 10.1 Å². The number of anilines is 1. The second kappa shape index (κ2) is 8.52. The van der Waals surface area contributed by atoms with E-state index in [4.69, 9.17) is 0 Å². The van der Waals surface area contributed by atoms with E-state index < -0.39 is 0 Å². The Balaban J connectivity index is 1.59. The molecule has 1 atom stereocenters. The lowest BCUT2D eigenvalue weighted by molar-refractivity contribution is -0.136. The van der Waals surface area contributed by atoms with Crippen LogP contribution in [0.15, 0.2) is 36.0 Å². The first-order valence-corrected chi connectivity index (χ1v) is 10.3. The van der Waals surface area contributed by atoms with Crippen molar-refractivity contribution in [2.45, 2.75) is 33.7 Å². The largest absolute Gasteiger partial charge is 0.368 e. The maximum Gasteiger partial charge on any atom is 0.243 e. The van der Waals surface area contributed by atoms with Gasteiger partial charge in [-0.15, -0.1) is 0 Å². The molecule has 2 heterocycles. The van der Waals surface area contributed by atoms with E-state index in [9.17, 15) is 9.18 Å². The van der Waals surface area contributed by atoms with Gasteiger partial charge in [-0.25, -0.2) is 9.40 Å². The van der Waals surface area contributed by atoms with Crippen LogP contribution in [0.2, 0.25) is 0 Å². The van der Waals surface area contributed by atoms with E-state index in [0.717, 1.165) is 18.8 Å². The number of hydrazine groups is 1. The van der Waals surface area contributed by atoms with Crippen molar-refractivity contribution < 1.29 is 9.18 Å². The smallest absolute Gasteiger partial charge is 0.243 e. The summed E-state index contributed by atoms with van der Waals surface area (Å²) in [5, 5.41) is 4.37. The quantitative estimate of drug-likeness (QED) is 0.775. The van der Waals surface area contributed by atoms with Crippen LogP contribution < -0.4 is 4.90 Å². The minimum atomic E-state index is -0.221. The Morgan fingerprint density at radius 2 is 1.68 bits per heavy atom. The molecule has 1 aromatic rings. The summed E-state index contributed by atoms with van der Waals surface area (Å²) in [6.07, 6.45) is 2.31. The summed E-state index contributed by atoms with van der Waals surface area (Å²) in [6, 6.07) is 6.91. The summed E-state index contributed by atoms with van der Waals surface area (Å²) < 4.78 is 13.1. The van der Waals surface area contributed by atoms with Crippen molar-refractivity contribution in [3.05, 3.63) is 41.9 Å². The van der Waals surface area contributed by atoms with Crippen molar-refractivity contribution in [1.29, 1.82) is 0 Å². The molecule has 0 N–H and O–H groups in total. The molecule has 0 bridgehead atoms. The molecule has 0 saturated carbocycles. The summed E-state index contributed by atoms with van der Waals surface area (Å²) >= 11 is 0. The number of amides is 1. The van der Waals surface area contributed by atoms with Crippen LogP contribution in [0.1, 0.15) is 27.7 Å². The van der Waals surface area contributed by atoms with Gasteiger partial charge >= 0.3 is 0 Å². The molecule has 1 aromatic carbocycles. The number of carbonyl (C=O) groups excluding carboxylic acids is 1. The molecule has 1 fully saturated rings. The third kappa shape index (κ3) is 4.32. The fourth-order valence-electron chi connectivity index (χ4n) is 4.12. The molecule has 6 heteroatoms. The first-order valence-electron chi connectivity index (χ1n) is 10.3. The highest BCUT2D eigenvalue weighted by Gasteiger charge is 2.34. The van der Waals surface area contributed by atoms with Crippen LogP contribution in [0.5, 0.6) is 0 Å². The van der Waals surface area contributed by atoms with E-state index in [2.05, 4.69) is 55.7 Å². The molecular formula is C22H33FN4O. The Labute approximate surface area is 168 Å². The number of benzene rings is 1. The van der Waals surface area contributed by atoms with Crippen LogP contribution in [0.25, 0.3) is 0 Å². The Kier molecular flexibility index (Phi) is 6.28. The Bertz CT molecular complexity index is 708. The molecule has 0 radical (unpaired) electrons. The maximum atomic E-state index is 13.1. The van der Waals surface area contributed by atoms with Crippen LogP contribution in [-0.2, 0) is 4.79 Å². The van der Waals surface area contributed by atoms with E-state index in [1.165, 1.54) is 17.8 Å². The summed E-state index contributed by atoms with van der Waals surface area (Å²) in [7, 11) is 2.08. The van der Waals surface area contributed by atoms with Gasteiger partial charge in [0.05, 0.1) is 6.04 Å². The highest BCUT2D eigenvalue weighted by Crippen LogP contribution is 2.30. The van der Waals surface area contributed by atoms with E-state index in [-0.39, 0.29) is 11.7 Å². The van der Waals surface area contributed by atoms with E-state index >= 15 is 0 Å². The van der Waals surface area contributed by atoms with Crippen molar-refractivity contribution >= 4 is 11.6 Å². The summed E-state index contributed by atoms with van der Waals surface area (Å²) in [5.41, 5.74) is 2.25. The highest BCUT2D eigenvalue weighted by atomic mass is 19.1. The first kappa shape index (κ1) is 20.6. The van der Waals surface area contributed by atoms with Crippen molar-refractivity contribution in [3.63, 3.8) is 0 Å². The molecule has 0 aromatic heterocycles. The van der Waals surface area contributed by atoms with E-state index in [1.807, 2.05) is 4.90 Å². The molecule has 1 amide bonds. The van der Waals surface area contributed by atoms with Crippen LogP contribution in [-0.4, -0.2) is 66.6 Å². The molecule has 1 unspecified atom stereocenters. The topological polar surface area (TPSA) is 30.0 Å². The van der Waals surface area contributed by atoms with Gasteiger partial charge in [-0.3, -0.25) is 4.79 Å². The van der Waals surface area contributed by atoms with Crippen molar-refractivity contribution in [2.75, 3.05) is 44.7 Å². The number of allylic oxidation sites excluding steroid dienone is 1. The zero-order valence-corrected chi connectivity index (χ0v) is 17.7. The van der Waals surface area contributed by atoms with Gasteiger partial charge in [0.25, 0.3) is 0 Å². The fraction of sp³-hybridized carbons (Fsp3) is 0.591. The Morgan fingerprint density at radius 1 is 1.07 bits per heavy atom. The number of hydrogen-bond donors (Lipinski definition) is 0. The number of rotatable bonds is 5. The van der Waals surface area contributed by atoms with E-state index in [0.29, 0.717) is 37.5 Å². The van der Waals surface area contributed by atoms with Gasteiger partial charge in [0.15, 0.2) is 0 Å². The average Bonchev–Trinajstić information content (AvgIpc) is 2.99. The van der Waals surface area contributed by atoms with Crippen LogP contribution >= 0.6 is 0 Å². The fourth-order valence-corrected chi connectivity index (χ4v) is 4.12. The van der Waals surface area contributed by atoms with Crippen molar-refractivity contribution in [2.24, 2.45) is 11.8 Å². The predicted molar refractivity (Wildman–Crippen MR) is 111 cm³/mol. The SMILES string of the molecule is CC(C)C1=CC(C(C)C)N(C)N1CC(=O)N1CCN(c2ccc(F)cc2)CC1. The molecule has 154 valence electrons.